The molecule has 0 heterocycles. The molecule has 0 aliphatic heterocycles. The van der Waals surface area contributed by atoms with Gasteiger partial charge in [-0.15, -0.1) is 0 Å². The maximum Gasteiger partial charge on any atom is 0.304 e. The zero-order valence-corrected chi connectivity index (χ0v) is 19.6. The van der Waals surface area contributed by atoms with Gasteiger partial charge in [0.2, 0.25) is 0 Å². The fourth-order valence-electron chi connectivity index (χ4n) is 2.40. The standard InChI is InChI=1S/C22H23BrN2O4S/c1-17-6-12-21(13-7-17)30(27,28)25(15-5-14-22(3,4)29-18(2)26)24-16-19-8-10-20(23)11-9-19/h6-13,16H,15H2,1-4H3/b24-16+. The van der Waals surface area contributed by atoms with E-state index in [1.807, 2.05) is 19.1 Å². The number of rotatable bonds is 6. The summed E-state index contributed by atoms with van der Waals surface area (Å²) in [7, 11) is -3.92. The molecule has 158 valence electrons. The molecule has 0 radical (unpaired) electrons. The highest BCUT2D eigenvalue weighted by molar-refractivity contribution is 9.10. The summed E-state index contributed by atoms with van der Waals surface area (Å²) in [4.78, 5) is 11.3. The summed E-state index contributed by atoms with van der Waals surface area (Å²) >= 11 is 3.36. The second-order valence-electron chi connectivity index (χ2n) is 7.00. The van der Waals surface area contributed by atoms with Gasteiger partial charge in [-0.2, -0.15) is 17.9 Å². The number of halogens is 1. The van der Waals surface area contributed by atoms with Gasteiger partial charge in [0.25, 0.3) is 10.0 Å². The monoisotopic (exact) mass is 490 g/mol. The van der Waals surface area contributed by atoms with Crippen LogP contribution in [0, 0.1) is 18.8 Å². The predicted molar refractivity (Wildman–Crippen MR) is 120 cm³/mol. The molecule has 0 aliphatic rings. The number of benzene rings is 2. The van der Waals surface area contributed by atoms with Gasteiger partial charge >= 0.3 is 5.97 Å². The molecule has 0 spiro atoms. The lowest BCUT2D eigenvalue weighted by atomic mass is 10.1. The molecule has 6 nitrogen and oxygen atoms in total. The van der Waals surface area contributed by atoms with Crippen molar-refractivity contribution in [1.82, 2.24) is 4.41 Å². The van der Waals surface area contributed by atoms with E-state index in [2.05, 4.69) is 32.9 Å². The fourth-order valence-corrected chi connectivity index (χ4v) is 3.80. The third-order valence-corrected chi connectivity index (χ3v) is 5.98. The molecule has 0 amide bonds. The average Bonchev–Trinajstić information content (AvgIpc) is 2.65. The van der Waals surface area contributed by atoms with Gasteiger partial charge in [-0.25, -0.2) is 0 Å². The third kappa shape index (κ3) is 7.01. The van der Waals surface area contributed by atoms with Crippen LogP contribution in [0.4, 0.5) is 0 Å². The average molecular weight is 491 g/mol. The van der Waals surface area contributed by atoms with Crippen molar-refractivity contribution in [2.75, 3.05) is 6.54 Å². The maximum atomic E-state index is 13.1. The van der Waals surface area contributed by atoms with Gasteiger partial charge in [0, 0.05) is 11.4 Å². The summed E-state index contributed by atoms with van der Waals surface area (Å²) in [6, 6.07) is 13.8. The van der Waals surface area contributed by atoms with Gasteiger partial charge in [0.1, 0.15) is 6.54 Å². The van der Waals surface area contributed by atoms with E-state index in [1.54, 1.807) is 38.1 Å². The molecule has 0 fully saturated rings. The highest BCUT2D eigenvalue weighted by Crippen LogP contribution is 2.17. The van der Waals surface area contributed by atoms with Crippen molar-refractivity contribution in [2.24, 2.45) is 5.10 Å². The van der Waals surface area contributed by atoms with E-state index >= 15 is 0 Å². The Hall–Kier alpha value is -2.63. The van der Waals surface area contributed by atoms with Crippen molar-refractivity contribution in [1.29, 1.82) is 0 Å². The van der Waals surface area contributed by atoms with E-state index in [0.717, 1.165) is 20.0 Å². The number of carbonyl (C=O) groups excluding carboxylic acids is 1. The van der Waals surface area contributed by atoms with Crippen molar-refractivity contribution < 1.29 is 17.9 Å². The Morgan fingerprint density at radius 1 is 1.17 bits per heavy atom. The molecular weight excluding hydrogens is 468 g/mol. The number of hydrazone groups is 1. The first-order valence-electron chi connectivity index (χ1n) is 9.08. The second-order valence-corrected chi connectivity index (χ2v) is 9.76. The number of carbonyl (C=O) groups is 1. The van der Waals surface area contributed by atoms with Crippen LogP contribution in [-0.4, -0.2) is 37.2 Å². The Balaban J connectivity index is 2.36. The molecule has 30 heavy (non-hydrogen) atoms. The van der Waals surface area contributed by atoms with E-state index in [9.17, 15) is 13.2 Å². The van der Waals surface area contributed by atoms with E-state index in [4.69, 9.17) is 4.74 Å². The van der Waals surface area contributed by atoms with Crippen molar-refractivity contribution in [3.8, 4) is 11.8 Å². The molecular formula is C22H23BrN2O4S. The molecule has 0 aromatic heterocycles. The van der Waals surface area contributed by atoms with Crippen molar-refractivity contribution in [3.05, 3.63) is 64.1 Å². The smallest absolute Gasteiger partial charge is 0.304 e. The Kier molecular flexibility index (Phi) is 7.82. The number of hydrogen-bond acceptors (Lipinski definition) is 5. The quantitative estimate of drug-likeness (QED) is 0.264. The van der Waals surface area contributed by atoms with Gasteiger partial charge in [-0.05, 0) is 50.6 Å². The molecule has 8 heteroatoms. The molecule has 0 atom stereocenters. The summed E-state index contributed by atoms with van der Waals surface area (Å²) in [6.45, 7) is 6.23. The topological polar surface area (TPSA) is 76.0 Å². The number of aryl methyl sites for hydroxylation is 1. The molecule has 2 aromatic rings. The van der Waals surface area contributed by atoms with Crippen molar-refractivity contribution in [2.45, 2.75) is 38.2 Å². The number of nitrogens with zero attached hydrogens (tertiary/aromatic N) is 2. The molecule has 0 saturated heterocycles. The van der Waals surface area contributed by atoms with Gasteiger partial charge < -0.3 is 4.74 Å². The zero-order chi connectivity index (χ0) is 22.4. The molecule has 2 aromatic carbocycles. The second kappa shape index (κ2) is 9.92. The molecule has 0 bridgehead atoms. The van der Waals surface area contributed by atoms with Crippen molar-refractivity contribution >= 4 is 38.1 Å². The first-order chi connectivity index (χ1) is 14.0. The van der Waals surface area contributed by atoms with Crippen LogP contribution >= 0.6 is 15.9 Å². The minimum absolute atomic E-state index is 0.113. The molecule has 0 N–H and O–H groups in total. The van der Waals surface area contributed by atoms with Crippen LogP contribution in [0.15, 0.2) is 63.0 Å². The number of hydrogen-bond donors (Lipinski definition) is 0. The summed E-state index contributed by atoms with van der Waals surface area (Å²) in [6.07, 6.45) is 1.46. The minimum Gasteiger partial charge on any atom is -0.447 e. The first-order valence-corrected chi connectivity index (χ1v) is 11.3. The molecule has 0 aliphatic carbocycles. The van der Waals surface area contributed by atoms with Crippen LogP contribution in [0.25, 0.3) is 0 Å². The van der Waals surface area contributed by atoms with Crippen LogP contribution in [-0.2, 0) is 19.6 Å². The summed E-state index contributed by atoms with van der Waals surface area (Å²) in [5, 5.41) is 4.17. The van der Waals surface area contributed by atoms with Crippen molar-refractivity contribution in [3.63, 3.8) is 0 Å². The predicted octanol–water partition coefficient (Wildman–Crippen LogP) is 4.13. The lowest BCUT2D eigenvalue weighted by Gasteiger charge is -2.19. The fraction of sp³-hybridized carbons (Fsp3) is 0.273. The number of esters is 1. The Morgan fingerprint density at radius 3 is 2.33 bits per heavy atom. The number of ether oxygens (including phenoxy) is 1. The number of sulfonamides is 1. The Labute approximate surface area is 186 Å². The van der Waals surface area contributed by atoms with Crippen LogP contribution in [0.2, 0.25) is 0 Å². The van der Waals surface area contributed by atoms with Crippen LogP contribution in [0.1, 0.15) is 31.9 Å². The summed E-state index contributed by atoms with van der Waals surface area (Å²) < 4.78 is 33.2. The highest BCUT2D eigenvalue weighted by atomic mass is 79.9. The van der Waals surface area contributed by atoms with E-state index < -0.39 is 21.6 Å². The van der Waals surface area contributed by atoms with E-state index in [1.165, 1.54) is 25.3 Å². The third-order valence-electron chi connectivity index (χ3n) is 3.80. The lowest BCUT2D eigenvalue weighted by molar-refractivity contribution is -0.148. The normalized spacial score (nSPS) is 11.6. The van der Waals surface area contributed by atoms with Crippen LogP contribution in [0.3, 0.4) is 0 Å². The molecule has 0 unspecified atom stereocenters. The SMILES string of the molecule is CC(=O)OC(C)(C)C#CCN(/N=C/c1ccc(Br)cc1)S(=O)(=O)c1ccc(C)cc1. The van der Waals surface area contributed by atoms with Gasteiger partial charge in [-0.3, -0.25) is 4.79 Å². The van der Waals surface area contributed by atoms with Crippen LogP contribution in [0.5, 0.6) is 0 Å². The van der Waals surface area contributed by atoms with E-state index in [0.29, 0.717) is 0 Å². The Morgan fingerprint density at radius 2 is 1.77 bits per heavy atom. The minimum atomic E-state index is -3.92. The lowest BCUT2D eigenvalue weighted by Crippen LogP contribution is -2.28. The maximum absolute atomic E-state index is 13.1. The summed E-state index contributed by atoms with van der Waals surface area (Å²) in [5.74, 6) is 5.08. The molecule has 2 rings (SSSR count). The zero-order valence-electron chi connectivity index (χ0n) is 17.2. The largest absolute Gasteiger partial charge is 0.447 e. The van der Waals surface area contributed by atoms with E-state index in [-0.39, 0.29) is 11.4 Å². The Bertz CT molecular complexity index is 1080. The van der Waals surface area contributed by atoms with Gasteiger partial charge in [0.05, 0.1) is 11.1 Å². The van der Waals surface area contributed by atoms with Gasteiger partial charge in [0.15, 0.2) is 5.60 Å². The first kappa shape index (κ1) is 23.6. The molecule has 0 saturated carbocycles. The van der Waals surface area contributed by atoms with Crippen LogP contribution < -0.4 is 0 Å². The summed E-state index contributed by atoms with van der Waals surface area (Å²) in [5.41, 5.74) is 0.637. The highest BCUT2D eigenvalue weighted by Gasteiger charge is 2.23. The van der Waals surface area contributed by atoms with Gasteiger partial charge in [-0.1, -0.05) is 57.6 Å².